The molecule has 0 aromatic heterocycles. The molecule has 0 unspecified atom stereocenters. The summed E-state index contributed by atoms with van der Waals surface area (Å²) in [4.78, 5) is 66.0. The number of carboxylic acids is 1. The van der Waals surface area contributed by atoms with Gasteiger partial charge in [0.1, 0.15) is 29.9 Å². The van der Waals surface area contributed by atoms with Crippen molar-refractivity contribution in [3.63, 3.8) is 0 Å². The van der Waals surface area contributed by atoms with Crippen molar-refractivity contribution in [1.29, 1.82) is 0 Å². The Hall–Kier alpha value is -3.67. The number of benzene rings is 1. The first-order valence-electron chi connectivity index (χ1n) is 14.2. The van der Waals surface area contributed by atoms with E-state index in [9.17, 15) is 34.2 Å². The fourth-order valence-corrected chi connectivity index (χ4v) is 4.82. The molecular weight excluding hydrogens is 530 g/mol. The maximum atomic E-state index is 13.6. The van der Waals surface area contributed by atoms with Gasteiger partial charge in [-0.2, -0.15) is 0 Å². The molecule has 7 N–H and O–H groups in total. The van der Waals surface area contributed by atoms with Crippen LogP contribution in [0.25, 0.3) is 0 Å². The van der Waals surface area contributed by atoms with Gasteiger partial charge in [0.2, 0.25) is 23.6 Å². The van der Waals surface area contributed by atoms with E-state index in [4.69, 9.17) is 5.73 Å². The summed E-state index contributed by atoms with van der Waals surface area (Å²) in [5, 5.41) is 27.3. The third-order valence-corrected chi connectivity index (χ3v) is 7.35. The van der Waals surface area contributed by atoms with Crippen LogP contribution in [-0.4, -0.2) is 81.5 Å². The van der Waals surface area contributed by atoms with Gasteiger partial charge in [-0.15, -0.1) is 0 Å². The zero-order chi connectivity index (χ0) is 30.9. The predicted octanol–water partition coefficient (Wildman–Crippen LogP) is 0.904. The van der Waals surface area contributed by atoms with Gasteiger partial charge in [-0.1, -0.05) is 46.2 Å². The second-order valence-corrected chi connectivity index (χ2v) is 11.3. The molecule has 0 aliphatic carbocycles. The fraction of sp³-hybridized carbons (Fsp3) is 0.621. The lowest BCUT2D eigenvalue weighted by Crippen LogP contribution is -2.59. The van der Waals surface area contributed by atoms with Gasteiger partial charge in [0.05, 0.1) is 6.04 Å². The summed E-state index contributed by atoms with van der Waals surface area (Å²) >= 11 is 0. The molecule has 0 saturated carbocycles. The number of hydrogen-bond donors (Lipinski definition) is 6. The van der Waals surface area contributed by atoms with Crippen LogP contribution in [0.5, 0.6) is 5.75 Å². The normalized spacial score (nSPS) is 18.6. The molecule has 0 radical (unpaired) electrons. The van der Waals surface area contributed by atoms with Gasteiger partial charge in [0.15, 0.2) is 0 Å². The van der Waals surface area contributed by atoms with Crippen LogP contribution in [0.2, 0.25) is 0 Å². The van der Waals surface area contributed by atoms with Crippen molar-refractivity contribution in [3.05, 3.63) is 29.8 Å². The van der Waals surface area contributed by atoms with Gasteiger partial charge >= 0.3 is 5.97 Å². The number of nitrogens with one attached hydrogen (secondary N) is 3. The second-order valence-electron chi connectivity index (χ2n) is 11.3. The van der Waals surface area contributed by atoms with Crippen molar-refractivity contribution in [2.24, 2.45) is 17.6 Å². The van der Waals surface area contributed by atoms with Crippen molar-refractivity contribution in [2.75, 3.05) is 6.54 Å². The SMILES string of the molecule is CC[C@H](C)[C@H](NC(=O)[C@H](Cc1ccc(O)cc1)NC(=O)[C@@H]1CCCN1C(=O)[C@H](C)N)C(=O)N[C@@H](CC(C)C)C(=O)O. The number of hydrogen-bond acceptors (Lipinski definition) is 7. The van der Waals surface area contributed by atoms with E-state index in [0.717, 1.165) is 0 Å². The van der Waals surface area contributed by atoms with E-state index in [1.54, 1.807) is 26.0 Å². The number of nitrogens with zero attached hydrogens (tertiary/aromatic N) is 1. The monoisotopic (exact) mass is 575 g/mol. The zero-order valence-electron chi connectivity index (χ0n) is 24.6. The number of carbonyl (C=O) groups is 5. The average Bonchev–Trinajstić information content (AvgIpc) is 3.40. The van der Waals surface area contributed by atoms with Gasteiger partial charge in [0.25, 0.3) is 0 Å². The molecule has 1 saturated heterocycles. The van der Waals surface area contributed by atoms with Crippen LogP contribution >= 0.6 is 0 Å². The summed E-state index contributed by atoms with van der Waals surface area (Å²) in [7, 11) is 0. The van der Waals surface area contributed by atoms with E-state index < -0.39 is 53.9 Å². The number of carbonyl (C=O) groups excluding carboxylic acids is 4. The van der Waals surface area contributed by atoms with Crippen LogP contribution < -0.4 is 21.7 Å². The lowest BCUT2D eigenvalue weighted by molar-refractivity contribution is -0.143. The number of rotatable bonds is 14. The molecule has 4 amide bonds. The highest BCUT2D eigenvalue weighted by Gasteiger charge is 2.38. The maximum Gasteiger partial charge on any atom is 0.326 e. The molecule has 1 aliphatic heterocycles. The second kappa shape index (κ2) is 15.4. The quantitative estimate of drug-likeness (QED) is 0.188. The number of nitrogens with two attached hydrogens (primary N) is 1. The fourth-order valence-electron chi connectivity index (χ4n) is 4.82. The first kappa shape index (κ1) is 33.5. The molecular formula is C29H45N5O7. The van der Waals surface area contributed by atoms with Crippen LogP contribution in [0.3, 0.4) is 0 Å². The summed E-state index contributed by atoms with van der Waals surface area (Å²) in [6.07, 6.45) is 1.82. The smallest absolute Gasteiger partial charge is 0.326 e. The highest BCUT2D eigenvalue weighted by molar-refractivity contribution is 5.95. The van der Waals surface area contributed by atoms with Crippen molar-refractivity contribution >= 4 is 29.6 Å². The first-order valence-corrected chi connectivity index (χ1v) is 14.2. The highest BCUT2D eigenvalue weighted by Crippen LogP contribution is 2.19. The van der Waals surface area contributed by atoms with Gasteiger partial charge in [0, 0.05) is 13.0 Å². The van der Waals surface area contributed by atoms with Gasteiger partial charge < -0.3 is 36.8 Å². The Balaban J connectivity index is 2.30. The molecule has 1 aromatic carbocycles. The van der Waals surface area contributed by atoms with Gasteiger partial charge in [-0.25, -0.2) is 4.79 Å². The van der Waals surface area contributed by atoms with E-state index >= 15 is 0 Å². The molecule has 2 rings (SSSR count). The van der Waals surface area contributed by atoms with Crippen molar-refractivity contribution in [2.45, 2.75) is 96.9 Å². The summed E-state index contributed by atoms with van der Waals surface area (Å²) in [6, 6.07) is 1.30. The lowest BCUT2D eigenvalue weighted by Gasteiger charge is -2.30. The number of amides is 4. The summed E-state index contributed by atoms with van der Waals surface area (Å²) < 4.78 is 0. The number of carboxylic acid groups (broad SMARTS) is 1. The van der Waals surface area contributed by atoms with E-state index in [2.05, 4.69) is 16.0 Å². The Bertz CT molecular complexity index is 1080. The van der Waals surface area contributed by atoms with Crippen LogP contribution in [0, 0.1) is 11.8 Å². The number of phenolic OH excluding ortho intramolecular Hbond substituents is 1. The zero-order valence-corrected chi connectivity index (χ0v) is 24.6. The molecule has 6 atom stereocenters. The highest BCUT2D eigenvalue weighted by atomic mass is 16.4. The minimum Gasteiger partial charge on any atom is -0.508 e. The first-order chi connectivity index (χ1) is 19.2. The molecule has 12 heteroatoms. The Morgan fingerprint density at radius 1 is 0.976 bits per heavy atom. The average molecular weight is 576 g/mol. The third-order valence-electron chi connectivity index (χ3n) is 7.35. The minimum absolute atomic E-state index is 0.0160. The van der Waals surface area contributed by atoms with E-state index in [0.29, 0.717) is 31.4 Å². The summed E-state index contributed by atoms with van der Waals surface area (Å²) in [5.74, 6) is -3.58. The van der Waals surface area contributed by atoms with Crippen LogP contribution in [0.1, 0.15) is 65.9 Å². The van der Waals surface area contributed by atoms with E-state index in [1.807, 2.05) is 20.8 Å². The van der Waals surface area contributed by atoms with Gasteiger partial charge in [-0.05, 0) is 55.7 Å². The standard InChI is InChI=1S/C29H45N5O7/c1-6-17(4)24(27(38)32-22(29(40)41)14-16(2)3)33-25(36)21(15-19-9-11-20(35)12-10-19)31-26(37)23-8-7-13-34(23)28(39)18(5)30/h9-12,16-18,21-24,35H,6-8,13-15,30H2,1-5H3,(H,31,37)(H,32,38)(H,33,36)(H,40,41)/t17-,18-,21-,22-,23-,24-/m0/s1. The molecule has 228 valence electrons. The van der Waals surface area contributed by atoms with Crippen molar-refractivity contribution in [1.82, 2.24) is 20.9 Å². The van der Waals surface area contributed by atoms with Crippen LogP contribution in [-0.2, 0) is 30.4 Å². The predicted molar refractivity (Wildman–Crippen MR) is 153 cm³/mol. The van der Waals surface area contributed by atoms with E-state index in [-0.39, 0.29) is 36.3 Å². The molecule has 0 bridgehead atoms. The number of aliphatic carboxylic acids is 1. The molecule has 0 spiro atoms. The Morgan fingerprint density at radius 2 is 1.61 bits per heavy atom. The molecule has 1 heterocycles. The van der Waals surface area contributed by atoms with Crippen molar-refractivity contribution < 1.29 is 34.2 Å². The van der Waals surface area contributed by atoms with Gasteiger partial charge in [-0.3, -0.25) is 19.2 Å². The lowest BCUT2D eigenvalue weighted by atomic mass is 9.96. The number of phenols is 1. The number of likely N-dealkylation sites (tertiary alicyclic amines) is 1. The topological polar surface area (TPSA) is 191 Å². The van der Waals surface area contributed by atoms with Crippen LogP contribution in [0.15, 0.2) is 24.3 Å². The van der Waals surface area contributed by atoms with Crippen LogP contribution in [0.4, 0.5) is 0 Å². The Labute approximate surface area is 241 Å². The Kier molecular flexibility index (Phi) is 12.6. The van der Waals surface area contributed by atoms with Crippen molar-refractivity contribution in [3.8, 4) is 5.75 Å². The maximum absolute atomic E-state index is 13.6. The minimum atomic E-state index is -1.17. The number of aromatic hydroxyl groups is 1. The molecule has 1 aliphatic rings. The third kappa shape index (κ3) is 9.73. The summed E-state index contributed by atoms with van der Waals surface area (Å²) in [5.41, 5.74) is 6.41. The molecule has 1 aromatic rings. The molecule has 12 nitrogen and oxygen atoms in total. The molecule has 1 fully saturated rings. The molecule has 41 heavy (non-hydrogen) atoms. The summed E-state index contributed by atoms with van der Waals surface area (Å²) in [6.45, 7) is 9.24. The van der Waals surface area contributed by atoms with E-state index in [1.165, 1.54) is 17.0 Å². The Morgan fingerprint density at radius 3 is 2.15 bits per heavy atom. The largest absolute Gasteiger partial charge is 0.508 e.